The predicted molar refractivity (Wildman–Crippen MR) is 169 cm³/mol. The third-order valence-corrected chi connectivity index (χ3v) is 9.43. The number of benzene rings is 2. The Balaban J connectivity index is 1.42. The maximum Gasteiger partial charge on any atom is 0.251 e. The molecule has 3 heterocycles. The number of ether oxygens (including phenoxy) is 1. The van der Waals surface area contributed by atoms with E-state index in [2.05, 4.69) is 76.9 Å². The van der Waals surface area contributed by atoms with E-state index >= 15 is 0 Å². The van der Waals surface area contributed by atoms with Gasteiger partial charge in [0.2, 0.25) is 5.91 Å². The van der Waals surface area contributed by atoms with Crippen molar-refractivity contribution in [1.29, 1.82) is 0 Å². The molecule has 3 aliphatic heterocycles. The number of nitrogens with one attached hydrogen (secondary N) is 3. The van der Waals surface area contributed by atoms with Gasteiger partial charge in [0.1, 0.15) is 0 Å². The van der Waals surface area contributed by atoms with Gasteiger partial charge in [-0.1, -0.05) is 31.2 Å². The number of hydrogen-bond donors (Lipinski definition) is 3. The summed E-state index contributed by atoms with van der Waals surface area (Å²) in [6.07, 6.45) is 2.88. The van der Waals surface area contributed by atoms with E-state index in [0.29, 0.717) is 18.2 Å². The van der Waals surface area contributed by atoms with Gasteiger partial charge in [0.25, 0.3) is 5.91 Å². The van der Waals surface area contributed by atoms with Gasteiger partial charge in [-0.05, 0) is 80.3 Å². The predicted octanol–water partition coefficient (Wildman–Crippen LogP) is 3.96. The van der Waals surface area contributed by atoms with Crippen molar-refractivity contribution in [2.24, 2.45) is 11.8 Å². The second kappa shape index (κ2) is 14.0. The van der Waals surface area contributed by atoms with Crippen molar-refractivity contribution in [3.05, 3.63) is 53.1 Å². The minimum absolute atomic E-state index is 0.0327. The number of amides is 2. The Hall–Kier alpha value is -2.94. The van der Waals surface area contributed by atoms with Gasteiger partial charge in [-0.15, -0.1) is 0 Å². The van der Waals surface area contributed by atoms with Crippen LogP contribution >= 0.6 is 0 Å². The van der Waals surface area contributed by atoms with Crippen molar-refractivity contribution < 1.29 is 14.3 Å². The standard InChI is InChI=1S/C34H49N5O3/c1-5-39(29-10-16-42-17-11-29)32-20-28(27-8-6-26(7-9-27)22-38-14-12-35-13-15-38)19-30(25(32)4)33(40)36-21-31-23(2)18-24(3)37-34(31)41/h6-9,19-20,23-24,29,31,35H,5,10-18,21-22H2,1-4H3,(H,36,40)(H,37,41). The Bertz CT molecular complexity index is 1220. The molecule has 2 amide bonds. The highest BCUT2D eigenvalue weighted by atomic mass is 16.5. The van der Waals surface area contributed by atoms with Crippen LogP contribution in [0, 0.1) is 18.8 Å². The van der Waals surface area contributed by atoms with E-state index in [0.717, 1.165) is 94.1 Å². The lowest BCUT2D eigenvalue weighted by atomic mass is 9.84. The molecule has 2 aromatic rings. The lowest BCUT2D eigenvalue weighted by molar-refractivity contribution is -0.129. The van der Waals surface area contributed by atoms with E-state index in [-0.39, 0.29) is 29.7 Å². The largest absolute Gasteiger partial charge is 0.381 e. The lowest BCUT2D eigenvalue weighted by Crippen LogP contribution is -2.50. The topological polar surface area (TPSA) is 85.9 Å². The first-order valence-corrected chi connectivity index (χ1v) is 15.9. The van der Waals surface area contributed by atoms with E-state index in [1.165, 1.54) is 5.56 Å². The molecule has 3 unspecified atom stereocenters. The monoisotopic (exact) mass is 575 g/mol. The van der Waals surface area contributed by atoms with E-state index < -0.39 is 0 Å². The van der Waals surface area contributed by atoms with Crippen LogP contribution in [0.4, 0.5) is 5.69 Å². The van der Waals surface area contributed by atoms with Gasteiger partial charge in [0.15, 0.2) is 0 Å². The number of piperidine rings is 1. The lowest BCUT2D eigenvalue weighted by Gasteiger charge is -2.37. The molecule has 3 N–H and O–H groups in total. The summed E-state index contributed by atoms with van der Waals surface area (Å²) < 4.78 is 5.66. The van der Waals surface area contributed by atoms with Gasteiger partial charge in [-0.3, -0.25) is 14.5 Å². The van der Waals surface area contributed by atoms with Crippen LogP contribution in [-0.4, -0.2) is 81.3 Å². The van der Waals surface area contributed by atoms with Crippen LogP contribution < -0.4 is 20.9 Å². The average Bonchev–Trinajstić information content (AvgIpc) is 2.99. The van der Waals surface area contributed by atoms with Crippen molar-refractivity contribution in [2.75, 3.05) is 57.4 Å². The van der Waals surface area contributed by atoms with Gasteiger partial charge in [-0.25, -0.2) is 0 Å². The Morgan fingerprint density at radius 3 is 2.45 bits per heavy atom. The highest BCUT2D eigenvalue weighted by Crippen LogP contribution is 2.34. The van der Waals surface area contributed by atoms with Crippen molar-refractivity contribution in [3.63, 3.8) is 0 Å². The fraction of sp³-hybridized carbons (Fsp3) is 0.588. The molecule has 3 atom stereocenters. The Morgan fingerprint density at radius 1 is 1.07 bits per heavy atom. The van der Waals surface area contributed by atoms with Crippen LogP contribution in [0.1, 0.15) is 61.5 Å². The number of hydrogen-bond acceptors (Lipinski definition) is 6. The maximum absolute atomic E-state index is 13.8. The zero-order valence-corrected chi connectivity index (χ0v) is 25.9. The molecule has 5 rings (SSSR count). The number of piperazine rings is 1. The summed E-state index contributed by atoms with van der Waals surface area (Å²) in [5, 5.41) is 9.60. The zero-order chi connectivity index (χ0) is 29.6. The minimum Gasteiger partial charge on any atom is -0.381 e. The van der Waals surface area contributed by atoms with Gasteiger partial charge < -0.3 is 25.6 Å². The van der Waals surface area contributed by atoms with Crippen LogP contribution in [0.5, 0.6) is 0 Å². The number of anilines is 1. The molecule has 0 saturated carbocycles. The summed E-state index contributed by atoms with van der Waals surface area (Å²) in [7, 11) is 0. The molecular formula is C34H49N5O3. The summed E-state index contributed by atoms with van der Waals surface area (Å²) in [6.45, 7) is 16.3. The molecule has 2 aromatic carbocycles. The Morgan fingerprint density at radius 2 is 1.79 bits per heavy atom. The van der Waals surface area contributed by atoms with Gasteiger partial charge in [0.05, 0.1) is 5.92 Å². The third-order valence-electron chi connectivity index (χ3n) is 9.43. The third kappa shape index (κ3) is 7.16. The SMILES string of the molecule is CCN(c1cc(-c2ccc(CN3CCNCC3)cc2)cc(C(=O)NCC2C(=O)NC(C)CC2C)c1C)C1CCOCC1. The fourth-order valence-electron chi connectivity index (χ4n) is 6.93. The molecule has 228 valence electrons. The van der Waals surface area contributed by atoms with Crippen LogP contribution in [0.25, 0.3) is 11.1 Å². The maximum atomic E-state index is 13.8. The second-order valence-corrected chi connectivity index (χ2v) is 12.5. The molecular weight excluding hydrogens is 526 g/mol. The molecule has 3 fully saturated rings. The van der Waals surface area contributed by atoms with Crippen LogP contribution in [0.15, 0.2) is 36.4 Å². The number of nitrogens with zero attached hydrogens (tertiary/aromatic N) is 2. The van der Waals surface area contributed by atoms with Crippen LogP contribution in [-0.2, 0) is 16.1 Å². The molecule has 0 radical (unpaired) electrons. The van der Waals surface area contributed by atoms with E-state index in [9.17, 15) is 9.59 Å². The number of carbonyl (C=O) groups excluding carboxylic acids is 2. The van der Waals surface area contributed by atoms with E-state index in [1.807, 2.05) is 13.0 Å². The second-order valence-electron chi connectivity index (χ2n) is 12.5. The van der Waals surface area contributed by atoms with Crippen LogP contribution in [0.2, 0.25) is 0 Å². The van der Waals surface area contributed by atoms with Gasteiger partial charge in [-0.2, -0.15) is 0 Å². The van der Waals surface area contributed by atoms with Gasteiger partial charge >= 0.3 is 0 Å². The molecule has 3 saturated heterocycles. The first kappa shape index (κ1) is 30.5. The van der Waals surface area contributed by atoms with Crippen LogP contribution in [0.3, 0.4) is 0 Å². The fourth-order valence-corrected chi connectivity index (χ4v) is 6.93. The molecule has 0 aromatic heterocycles. The number of rotatable bonds is 9. The molecule has 3 aliphatic rings. The zero-order valence-electron chi connectivity index (χ0n) is 25.9. The van der Waals surface area contributed by atoms with Gasteiger partial charge in [0, 0.05) is 82.4 Å². The summed E-state index contributed by atoms with van der Waals surface area (Å²) in [4.78, 5) is 31.4. The first-order chi connectivity index (χ1) is 20.3. The normalized spacial score (nSPS) is 23.8. The van der Waals surface area contributed by atoms with Crippen molar-refractivity contribution in [3.8, 4) is 11.1 Å². The van der Waals surface area contributed by atoms with Crippen molar-refractivity contribution in [2.45, 2.75) is 65.6 Å². The van der Waals surface area contributed by atoms with Crippen molar-refractivity contribution in [1.82, 2.24) is 20.9 Å². The molecule has 42 heavy (non-hydrogen) atoms. The average molecular weight is 576 g/mol. The quantitative estimate of drug-likeness (QED) is 0.420. The highest BCUT2D eigenvalue weighted by molar-refractivity contribution is 5.99. The Labute approximate surface area is 251 Å². The highest BCUT2D eigenvalue weighted by Gasteiger charge is 2.33. The molecule has 0 aliphatic carbocycles. The van der Waals surface area contributed by atoms with Crippen molar-refractivity contribution >= 4 is 17.5 Å². The summed E-state index contributed by atoms with van der Waals surface area (Å²) in [5.41, 5.74) is 6.21. The summed E-state index contributed by atoms with van der Waals surface area (Å²) in [6, 6.07) is 13.7. The number of carbonyl (C=O) groups is 2. The molecule has 0 spiro atoms. The minimum atomic E-state index is -0.217. The summed E-state index contributed by atoms with van der Waals surface area (Å²) in [5.74, 6) is -0.0792. The smallest absolute Gasteiger partial charge is 0.251 e. The first-order valence-electron chi connectivity index (χ1n) is 15.9. The van der Waals surface area contributed by atoms with E-state index in [4.69, 9.17) is 4.74 Å². The summed E-state index contributed by atoms with van der Waals surface area (Å²) >= 11 is 0. The molecule has 0 bridgehead atoms. The molecule has 8 heteroatoms. The molecule has 8 nitrogen and oxygen atoms in total. The Kier molecular flexibility index (Phi) is 10.2. The van der Waals surface area contributed by atoms with E-state index in [1.54, 1.807) is 0 Å².